The van der Waals surface area contributed by atoms with E-state index in [-0.39, 0.29) is 22.7 Å². The third-order valence-corrected chi connectivity index (χ3v) is 4.30. The molecule has 2 rings (SSSR count). The van der Waals surface area contributed by atoms with E-state index in [0.29, 0.717) is 5.76 Å². The second kappa shape index (κ2) is 5.43. The molecule has 8 heteroatoms. The number of sulfonamides is 1. The van der Waals surface area contributed by atoms with E-state index in [4.69, 9.17) is 4.42 Å². The summed E-state index contributed by atoms with van der Waals surface area (Å²) in [6.07, 6.45) is 1.43. The highest BCUT2D eigenvalue weighted by Gasteiger charge is 2.22. The molecule has 0 amide bonds. The number of hydrogen-bond donors (Lipinski definition) is 1. The Kier molecular flexibility index (Phi) is 3.86. The first-order chi connectivity index (χ1) is 9.42. The van der Waals surface area contributed by atoms with Gasteiger partial charge in [-0.15, -0.1) is 0 Å². The van der Waals surface area contributed by atoms with Crippen LogP contribution in [0.15, 0.2) is 45.9 Å². The minimum absolute atomic E-state index is 0.0164. The van der Waals surface area contributed by atoms with Crippen LogP contribution >= 0.6 is 0 Å². The second-order valence-corrected chi connectivity index (χ2v) is 5.80. The maximum Gasteiger partial charge on any atom is 0.273 e. The van der Waals surface area contributed by atoms with E-state index < -0.39 is 14.9 Å². The number of rotatable bonds is 5. The van der Waals surface area contributed by atoms with Gasteiger partial charge in [0, 0.05) is 11.6 Å². The Morgan fingerprint density at radius 2 is 2.05 bits per heavy atom. The van der Waals surface area contributed by atoms with Crippen molar-refractivity contribution in [2.45, 2.75) is 18.4 Å². The molecule has 0 atom stereocenters. The molecule has 7 nitrogen and oxygen atoms in total. The first kappa shape index (κ1) is 14.2. The van der Waals surface area contributed by atoms with Crippen LogP contribution in [0.2, 0.25) is 0 Å². The van der Waals surface area contributed by atoms with Gasteiger partial charge in [-0.05, 0) is 25.1 Å². The molecule has 0 spiro atoms. The van der Waals surface area contributed by atoms with Crippen LogP contribution < -0.4 is 4.72 Å². The van der Waals surface area contributed by atoms with E-state index in [1.54, 1.807) is 12.1 Å². The van der Waals surface area contributed by atoms with Crippen molar-refractivity contribution < 1.29 is 17.8 Å². The summed E-state index contributed by atoms with van der Waals surface area (Å²) in [5.41, 5.74) is -0.129. The zero-order valence-electron chi connectivity index (χ0n) is 10.6. The Balaban J connectivity index is 2.30. The fourth-order valence-corrected chi connectivity index (χ4v) is 3.00. The molecule has 0 aliphatic rings. The van der Waals surface area contributed by atoms with Crippen LogP contribution in [0.5, 0.6) is 0 Å². The number of nitro benzene ring substituents is 1. The summed E-state index contributed by atoms with van der Waals surface area (Å²) in [5.74, 6) is 0.455. The molecular formula is C12H12N2O5S. The van der Waals surface area contributed by atoms with Crippen LogP contribution in [0, 0.1) is 17.0 Å². The molecule has 0 aliphatic carbocycles. The zero-order valence-corrected chi connectivity index (χ0v) is 11.4. The number of benzene rings is 1. The molecule has 0 unspecified atom stereocenters. The summed E-state index contributed by atoms with van der Waals surface area (Å²) < 4.78 is 31.7. The Hall–Kier alpha value is -2.19. The van der Waals surface area contributed by atoms with Crippen molar-refractivity contribution in [3.05, 3.63) is 58.0 Å². The van der Waals surface area contributed by atoms with Gasteiger partial charge in [-0.2, -0.15) is 0 Å². The molecule has 20 heavy (non-hydrogen) atoms. The molecule has 1 heterocycles. The van der Waals surface area contributed by atoms with Gasteiger partial charge in [0.05, 0.1) is 22.6 Å². The molecule has 0 bridgehead atoms. The summed E-state index contributed by atoms with van der Waals surface area (Å²) >= 11 is 0. The number of hydrogen-bond acceptors (Lipinski definition) is 5. The lowest BCUT2D eigenvalue weighted by Crippen LogP contribution is -2.24. The molecule has 0 saturated carbocycles. The zero-order chi connectivity index (χ0) is 14.8. The van der Waals surface area contributed by atoms with Gasteiger partial charge >= 0.3 is 0 Å². The van der Waals surface area contributed by atoms with Crippen LogP contribution in [0.1, 0.15) is 11.3 Å². The maximum atomic E-state index is 12.1. The molecule has 2 aromatic rings. The van der Waals surface area contributed by atoms with Crippen molar-refractivity contribution in [2.24, 2.45) is 0 Å². The average molecular weight is 296 g/mol. The fraction of sp³-hybridized carbons (Fsp3) is 0.167. The summed E-state index contributed by atoms with van der Waals surface area (Å²) in [4.78, 5) is 10.1. The third-order valence-electron chi connectivity index (χ3n) is 2.76. The van der Waals surface area contributed by atoms with Gasteiger partial charge in [0.15, 0.2) is 0 Å². The Morgan fingerprint density at radius 3 is 2.65 bits per heavy atom. The summed E-state index contributed by atoms with van der Waals surface area (Å²) in [6, 6.07) is 7.20. The van der Waals surface area contributed by atoms with Gasteiger partial charge in [0.25, 0.3) is 5.69 Å². The molecule has 106 valence electrons. The number of nitro groups is 1. The quantitative estimate of drug-likeness (QED) is 0.671. The van der Waals surface area contributed by atoms with E-state index in [1.807, 2.05) is 0 Å². The Bertz CT molecular complexity index is 722. The first-order valence-corrected chi connectivity index (χ1v) is 7.16. The number of nitrogens with zero attached hydrogens (tertiary/aromatic N) is 1. The van der Waals surface area contributed by atoms with E-state index in [2.05, 4.69) is 4.72 Å². The van der Waals surface area contributed by atoms with Crippen molar-refractivity contribution >= 4 is 15.7 Å². The molecule has 0 fully saturated rings. The first-order valence-electron chi connectivity index (χ1n) is 5.68. The Labute approximate surface area is 115 Å². The number of furan rings is 1. The highest BCUT2D eigenvalue weighted by atomic mass is 32.2. The van der Waals surface area contributed by atoms with Crippen LogP contribution in [0.3, 0.4) is 0 Å². The average Bonchev–Trinajstić information content (AvgIpc) is 2.89. The van der Waals surface area contributed by atoms with Gasteiger partial charge in [0.1, 0.15) is 5.76 Å². The fourth-order valence-electron chi connectivity index (χ4n) is 1.75. The van der Waals surface area contributed by atoms with E-state index in [1.165, 1.54) is 31.4 Å². The molecule has 1 aromatic carbocycles. The van der Waals surface area contributed by atoms with E-state index in [0.717, 1.165) is 0 Å². The third kappa shape index (κ3) is 2.86. The van der Waals surface area contributed by atoms with Crippen molar-refractivity contribution in [3.8, 4) is 0 Å². The van der Waals surface area contributed by atoms with Gasteiger partial charge in [-0.3, -0.25) is 10.1 Å². The van der Waals surface area contributed by atoms with Crippen LogP contribution in [0.4, 0.5) is 5.69 Å². The van der Waals surface area contributed by atoms with Gasteiger partial charge < -0.3 is 4.42 Å². The standard InChI is InChI=1S/C12H12N2O5S/c1-9-11(14(15)16)5-2-6-12(9)20(17,18)13-8-10-4-3-7-19-10/h2-7,13H,8H2,1H3. The van der Waals surface area contributed by atoms with Crippen LogP contribution in [-0.2, 0) is 16.6 Å². The Morgan fingerprint density at radius 1 is 1.30 bits per heavy atom. The lowest BCUT2D eigenvalue weighted by molar-refractivity contribution is -0.385. The van der Waals surface area contributed by atoms with Crippen molar-refractivity contribution in [2.75, 3.05) is 0 Å². The van der Waals surface area contributed by atoms with Crippen molar-refractivity contribution in [3.63, 3.8) is 0 Å². The van der Waals surface area contributed by atoms with Gasteiger partial charge in [-0.25, -0.2) is 13.1 Å². The molecule has 0 saturated heterocycles. The highest BCUT2D eigenvalue weighted by Crippen LogP contribution is 2.24. The lowest BCUT2D eigenvalue weighted by Gasteiger charge is -2.08. The molecule has 1 aromatic heterocycles. The van der Waals surface area contributed by atoms with Crippen LogP contribution in [0.25, 0.3) is 0 Å². The van der Waals surface area contributed by atoms with E-state index in [9.17, 15) is 18.5 Å². The van der Waals surface area contributed by atoms with Crippen molar-refractivity contribution in [1.29, 1.82) is 0 Å². The summed E-state index contributed by atoms with van der Waals surface area (Å²) in [5, 5.41) is 10.8. The second-order valence-electron chi connectivity index (χ2n) is 4.06. The topological polar surface area (TPSA) is 102 Å². The van der Waals surface area contributed by atoms with Gasteiger partial charge in [-0.1, -0.05) is 6.07 Å². The SMILES string of the molecule is Cc1c([N+](=O)[O-])cccc1S(=O)(=O)NCc1ccco1. The van der Waals surface area contributed by atoms with Gasteiger partial charge in [0.2, 0.25) is 10.0 Å². The largest absolute Gasteiger partial charge is 0.468 e. The predicted octanol–water partition coefficient (Wildman–Crippen LogP) is 1.97. The monoisotopic (exact) mass is 296 g/mol. The molecule has 1 N–H and O–H groups in total. The smallest absolute Gasteiger partial charge is 0.273 e. The van der Waals surface area contributed by atoms with E-state index >= 15 is 0 Å². The van der Waals surface area contributed by atoms with Crippen molar-refractivity contribution in [1.82, 2.24) is 4.72 Å². The molecule has 0 aliphatic heterocycles. The lowest BCUT2D eigenvalue weighted by atomic mass is 10.2. The minimum Gasteiger partial charge on any atom is -0.468 e. The predicted molar refractivity (Wildman–Crippen MR) is 70.6 cm³/mol. The normalized spacial score (nSPS) is 11.4. The highest BCUT2D eigenvalue weighted by molar-refractivity contribution is 7.89. The summed E-state index contributed by atoms with van der Waals surface area (Å²) in [7, 11) is -3.84. The molecular weight excluding hydrogens is 284 g/mol. The summed E-state index contributed by atoms with van der Waals surface area (Å²) in [6.45, 7) is 1.39. The minimum atomic E-state index is -3.84. The number of nitrogens with one attached hydrogen (secondary N) is 1. The maximum absolute atomic E-state index is 12.1. The molecule has 0 radical (unpaired) electrons. The van der Waals surface area contributed by atoms with Crippen LogP contribution in [-0.4, -0.2) is 13.3 Å².